The second kappa shape index (κ2) is 14.1. The SMILES string of the molecule is O=C(CSc1cccc(NC(=O)/C(=C/c2ccco2)NC(=O)c2ccccc2)c1)Nc1nc(-c2cccc([N+](=O)[O-])c2)cs1. The summed E-state index contributed by atoms with van der Waals surface area (Å²) < 4.78 is 5.33. The van der Waals surface area contributed by atoms with Crippen LogP contribution in [0.4, 0.5) is 16.5 Å². The summed E-state index contributed by atoms with van der Waals surface area (Å²) >= 11 is 2.47. The zero-order chi connectivity index (χ0) is 30.9. The maximum Gasteiger partial charge on any atom is 0.272 e. The van der Waals surface area contributed by atoms with Crippen LogP contribution in [0.5, 0.6) is 0 Å². The van der Waals surface area contributed by atoms with Crippen molar-refractivity contribution >= 4 is 63.4 Å². The van der Waals surface area contributed by atoms with Gasteiger partial charge in [0.25, 0.3) is 17.5 Å². The summed E-state index contributed by atoms with van der Waals surface area (Å²) in [4.78, 5) is 54.2. The van der Waals surface area contributed by atoms with Crippen molar-refractivity contribution in [1.82, 2.24) is 10.3 Å². The minimum atomic E-state index is -0.561. The van der Waals surface area contributed by atoms with E-state index in [0.29, 0.717) is 33.4 Å². The molecule has 0 fully saturated rings. The van der Waals surface area contributed by atoms with Gasteiger partial charge in [0, 0.05) is 45.3 Å². The molecule has 5 aromatic rings. The Bertz CT molecular complexity index is 1840. The monoisotopic (exact) mass is 625 g/mol. The van der Waals surface area contributed by atoms with E-state index in [4.69, 9.17) is 4.42 Å². The van der Waals surface area contributed by atoms with Crippen LogP contribution in [0.25, 0.3) is 17.3 Å². The first kappa shape index (κ1) is 29.9. The average molecular weight is 626 g/mol. The van der Waals surface area contributed by atoms with Crippen molar-refractivity contribution in [2.75, 3.05) is 16.4 Å². The van der Waals surface area contributed by atoms with Crippen LogP contribution < -0.4 is 16.0 Å². The summed E-state index contributed by atoms with van der Waals surface area (Å²) in [6.07, 6.45) is 2.89. The van der Waals surface area contributed by atoms with E-state index in [1.807, 2.05) is 0 Å². The normalized spacial score (nSPS) is 11.0. The van der Waals surface area contributed by atoms with Gasteiger partial charge in [-0.25, -0.2) is 4.98 Å². The lowest BCUT2D eigenvalue weighted by molar-refractivity contribution is -0.384. The van der Waals surface area contributed by atoms with Crippen molar-refractivity contribution in [2.45, 2.75) is 4.90 Å². The molecule has 0 radical (unpaired) electrons. The van der Waals surface area contributed by atoms with Crippen LogP contribution in [-0.2, 0) is 9.59 Å². The third kappa shape index (κ3) is 8.06. The van der Waals surface area contributed by atoms with Gasteiger partial charge in [-0.15, -0.1) is 23.1 Å². The molecule has 0 saturated carbocycles. The Kier molecular flexibility index (Phi) is 9.59. The van der Waals surface area contributed by atoms with Crippen molar-refractivity contribution in [1.29, 1.82) is 0 Å². The molecular weight excluding hydrogens is 603 g/mol. The quantitative estimate of drug-likeness (QED) is 0.0654. The molecule has 44 heavy (non-hydrogen) atoms. The first-order valence-electron chi connectivity index (χ1n) is 13.0. The van der Waals surface area contributed by atoms with E-state index in [0.717, 1.165) is 4.90 Å². The molecule has 5 rings (SSSR count). The molecule has 0 spiro atoms. The summed E-state index contributed by atoms with van der Waals surface area (Å²) in [5, 5.41) is 21.3. The predicted octanol–water partition coefficient (Wildman–Crippen LogP) is 6.45. The summed E-state index contributed by atoms with van der Waals surface area (Å²) in [5.41, 5.74) is 1.88. The Morgan fingerprint density at radius 3 is 2.55 bits per heavy atom. The van der Waals surface area contributed by atoms with E-state index in [2.05, 4.69) is 20.9 Å². The Morgan fingerprint density at radius 2 is 1.77 bits per heavy atom. The van der Waals surface area contributed by atoms with Crippen LogP contribution in [0, 0.1) is 10.1 Å². The molecule has 2 aromatic heterocycles. The maximum absolute atomic E-state index is 13.2. The number of thiazole rings is 1. The average Bonchev–Trinajstić information content (AvgIpc) is 3.73. The molecule has 0 atom stereocenters. The molecule has 220 valence electrons. The fourth-order valence-corrected chi connectivity index (χ4v) is 5.36. The predicted molar refractivity (Wildman–Crippen MR) is 169 cm³/mol. The van der Waals surface area contributed by atoms with Crippen molar-refractivity contribution in [3.05, 3.63) is 130 Å². The number of nitro benzene ring substituents is 1. The third-order valence-corrected chi connectivity index (χ3v) is 7.68. The molecule has 0 bridgehead atoms. The van der Waals surface area contributed by atoms with Gasteiger partial charge in [0.1, 0.15) is 11.5 Å². The maximum atomic E-state index is 13.2. The largest absolute Gasteiger partial charge is 0.465 e. The first-order valence-corrected chi connectivity index (χ1v) is 14.9. The Morgan fingerprint density at radius 1 is 0.955 bits per heavy atom. The van der Waals surface area contributed by atoms with E-state index >= 15 is 0 Å². The highest BCUT2D eigenvalue weighted by atomic mass is 32.2. The molecule has 3 aromatic carbocycles. The Hall–Kier alpha value is -5.53. The zero-order valence-corrected chi connectivity index (χ0v) is 24.4. The van der Waals surface area contributed by atoms with E-state index in [9.17, 15) is 24.5 Å². The number of carbonyl (C=O) groups is 3. The standard InChI is InChI=1S/C31H23N5O6S2/c37-28(35-31-34-27(18-44-31)21-9-4-11-23(15-21)36(40)41)19-43-25-13-5-10-22(16-25)32-30(39)26(17-24-12-6-14-42-24)33-29(38)20-7-2-1-3-8-20/h1-18H,19H2,(H,32,39)(H,33,38)(H,34,35,37)/b26-17-. The molecule has 0 unspecified atom stereocenters. The van der Waals surface area contributed by atoms with E-state index in [1.165, 1.54) is 47.6 Å². The van der Waals surface area contributed by atoms with Gasteiger partial charge in [-0.1, -0.05) is 36.4 Å². The molecular formula is C31H23N5O6S2. The fraction of sp³-hybridized carbons (Fsp3) is 0.0323. The van der Waals surface area contributed by atoms with Crippen LogP contribution in [0.1, 0.15) is 16.1 Å². The van der Waals surface area contributed by atoms with Crippen molar-refractivity contribution < 1.29 is 23.7 Å². The third-order valence-electron chi connectivity index (χ3n) is 5.92. The van der Waals surface area contributed by atoms with Crippen molar-refractivity contribution in [2.24, 2.45) is 0 Å². The molecule has 0 saturated heterocycles. The highest BCUT2D eigenvalue weighted by Gasteiger charge is 2.16. The number of hydrogen-bond acceptors (Lipinski definition) is 9. The summed E-state index contributed by atoms with van der Waals surface area (Å²) in [6, 6.07) is 24.9. The van der Waals surface area contributed by atoms with Gasteiger partial charge < -0.3 is 20.4 Å². The number of nitrogens with one attached hydrogen (secondary N) is 3. The number of rotatable bonds is 11. The molecule has 0 aliphatic carbocycles. The highest BCUT2D eigenvalue weighted by Crippen LogP contribution is 2.28. The van der Waals surface area contributed by atoms with Gasteiger partial charge in [0.2, 0.25) is 5.91 Å². The summed E-state index contributed by atoms with van der Waals surface area (Å²) in [7, 11) is 0. The number of benzene rings is 3. The minimum Gasteiger partial charge on any atom is -0.465 e. The molecule has 3 N–H and O–H groups in total. The molecule has 2 heterocycles. The van der Waals surface area contributed by atoms with Crippen LogP contribution in [0.3, 0.4) is 0 Å². The smallest absolute Gasteiger partial charge is 0.272 e. The van der Waals surface area contributed by atoms with Gasteiger partial charge in [0.05, 0.1) is 22.6 Å². The van der Waals surface area contributed by atoms with E-state index in [1.54, 1.807) is 84.2 Å². The minimum absolute atomic E-state index is 0.0147. The van der Waals surface area contributed by atoms with Crippen LogP contribution in [-0.4, -0.2) is 33.4 Å². The number of thioether (sulfide) groups is 1. The second-order valence-corrected chi connectivity index (χ2v) is 11.0. The van der Waals surface area contributed by atoms with Crippen LogP contribution >= 0.6 is 23.1 Å². The van der Waals surface area contributed by atoms with E-state index in [-0.39, 0.29) is 23.0 Å². The molecule has 11 nitrogen and oxygen atoms in total. The van der Waals surface area contributed by atoms with E-state index < -0.39 is 16.7 Å². The number of furan rings is 1. The summed E-state index contributed by atoms with van der Waals surface area (Å²) in [5.74, 6) is -0.854. The molecule has 0 aliphatic rings. The number of nitrogens with zero attached hydrogens (tertiary/aromatic N) is 2. The lowest BCUT2D eigenvalue weighted by atomic mass is 10.1. The van der Waals surface area contributed by atoms with Crippen LogP contribution in [0.2, 0.25) is 0 Å². The number of non-ortho nitro benzene ring substituents is 1. The number of hydrogen-bond donors (Lipinski definition) is 3. The number of aromatic nitrogens is 1. The molecule has 0 aliphatic heterocycles. The van der Waals surface area contributed by atoms with Crippen LogP contribution in [0.15, 0.2) is 118 Å². The Balaban J connectivity index is 1.19. The number of amides is 3. The zero-order valence-electron chi connectivity index (χ0n) is 22.8. The first-order chi connectivity index (χ1) is 21.3. The fourth-order valence-electron chi connectivity index (χ4n) is 3.87. The highest BCUT2D eigenvalue weighted by molar-refractivity contribution is 8.00. The van der Waals surface area contributed by atoms with Gasteiger partial charge in [-0.2, -0.15) is 0 Å². The number of anilines is 2. The lowest BCUT2D eigenvalue weighted by Crippen LogP contribution is -2.30. The molecule has 13 heteroatoms. The summed E-state index contributed by atoms with van der Waals surface area (Å²) in [6.45, 7) is 0. The second-order valence-electron chi connectivity index (χ2n) is 9.06. The topological polar surface area (TPSA) is 156 Å². The van der Waals surface area contributed by atoms with Crippen molar-refractivity contribution in [3.63, 3.8) is 0 Å². The van der Waals surface area contributed by atoms with Gasteiger partial charge in [0.15, 0.2) is 5.13 Å². The lowest BCUT2D eigenvalue weighted by Gasteiger charge is -2.12. The van der Waals surface area contributed by atoms with Crippen molar-refractivity contribution in [3.8, 4) is 11.3 Å². The molecule has 3 amide bonds. The van der Waals surface area contributed by atoms with Gasteiger partial charge in [-0.3, -0.25) is 24.5 Å². The van der Waals surface area contributed by atoms with Gasteiger partial charge in [-0.05, 0) is 42.5 Å². The Labute approximate surface area is 259 Å². The van der Waals surface area contributed by atoms with Gasteiger partial charge >= 0.3 is 0 Å². The number of nitro groups is 1. The number of carbonyl (C=O) groups excluding carboxylic acids is 3.